The van der Waals surface area contributed by atoms with E-state index in [0.717, 1.165) is 19.5 Å². The number of benzene rings is 1. The van der Waals surface area contributed by atoms with E-state index in [9.17, 15) is 0 Å². The zero-order chi connectivity index (χ0) is 11.0. The molecule has 0 spiro atoms. The SMILES string of the molecule is Cc1cc(C)c(N2CCC(N)C2)c(C)c1. The monoisotopic (exact) mass is 204 g/mol. The number of rotatable bonds is 1. The predicted octanol–water partition coefficient (Wildman–Crippen LogP) is 2.15. The molecule has 2 nitrogen and oxygen atoms in total. The minimum Gasteiger partial charge on any atom is -0.369 e. The van der Waals surface area contributed by atoms with Crippen LogP contribution in [0, 0.1) is 20.8 Å². The average molecular weight is 204 g/mol. The van der Waals surface area contributed by atoms with Crippen LogP contribution in [0.4, 0.5) is 5.69 Å². The van der Waals surface area contributed by atoms with Gasteiger partial charge in [-0.25, -0.2) is 0 Å². The molecule has 0 saturated carbocycles. The smallest absolute Gasteiger partial charge is 0.0426 e. The second kappa shape index (κ2) is 3.86. The third-order valence-corrected chi connectivity index (χ3v) is 3.18. The van der Waals surface area contributed by atoms with Gasteiger partial charge in [0.1, 0.15) is 0 Å². The number of hydrogen-bond donors (Lipinski definition) is 1. The lowest BCUT2D eigenvalue weighted by Gasteiger charge is -2.23. The van der Waals surface area contributed by atoms with Crippen molar-refractivity contribution in [2.45, 2.75) is 33.2 Å². The summed E-state index contributed by atoms with van der Waals surface area (Å²) in [4.78, 5) is 2.43. The molecule has 0 aliphatic carbocycles. The van der Waals surface area contributed by atoms with Gasteiger partial charge in [-0.15, -0.1) is 0 Å². The summed E-state index contributed by atoms with van der Waals surface area (Å²) in [5.41, 5.74) is 11.4. The molecule has 1 aliphatic rings. The molecule has 2 N–H and O–H groups in total. The van der Waals surface area contributed by atoms with E-state index >= 15 is 0 Å². The van der Waals surface area contributed by atoms with Crippen molar-refractivity contribution in [2.75, 3.05) is 18.0 Å². The molecule has 1 heterocycles. The third kappa shape index (κ3) is 2.00. The van der Waals surface area contributed by atoms with E-state index in [1.807, 2.05) is 0 Å². The third-order valence-electron chi connectivity index (χ3n) is 3.18. The lowest BCUT2D eigenvalue weighted by atomic mass is 10.0. The fraction of sp³-hybridized carbons (Fsp3) is 0.538. The highest BCUT2D eigenvalue weighted by Gasteiger charge is 2.21. The maximum absolute atomic E-state index is 5.95. The molecule has 0 aromatic heterocycles. The van der Waals surface area contributed by atoms with Crippen molar-refractivity contribution in [1.29, 1.82) is 0 Å². The van der Waals surface area contributed by atoms with Gasteiger partial charge in [0.25, 0.3) is 0 Å². The summed E-state index contributed by atoms with van der Waals surface area (Å²) in [6.07, 6.45) is 1.12. The van der Waals surface area contributed by atoms with Gasteiger partial charge in [0, 0.05) is 24.8 Å². The van der Waals surface area contributed by atoms with E-state index in [1.54, 1.807) is 0 Å². The van der Waals surface area contributed by atoms with Crippen LogP contribution in [-0.4, -0.2) is 19.1 Å². The minimum atomic E-state index is 0.352. The van der Waals surface area contributed by atoms with E-state index in [4.69, 9.17) is 5.73 Å². The average Bonchev–Trinajstić information content (AvgIpc) is 2.49. The number of nitrogens with two attached hydrogens (primary N) is 1. The molecular weight excluding hydrogens is 184 g/mol. The highest BCUT2D eigenvalue weighted by Crippen LogP contribution is 2.28. The highest BCUT2D eigenvalue weighted by atomic mass is 15.2. The molecule has 15 heavy (non-hydrogen) atoms. The Hall–Kier alpha value is -1.02. The van der Waals surface area contributed by atoms with Crippen LogP contribution in [0.2, 0.25) is 0 Å². The lowest BCUT2D eigenvalue weighted by molar-refractivity contribution is 0.752. The number of hydrogen-bond acceptors (Lipinski definition) is 2. The van der Waals surface area contributed by atoms with Crippen LogP contribution in [0.1, 0.15) is 23.1 Å². The zero-order valence-electron chi connectivity index (χ0n) is 9.88. The Kier molecular flexibility index (Phi) is 2.70. The van der Waals surface area contributed by atoms with Crippen LogP contribution in [0.25, 0.3) is 0 Å². The largest absolute Gasteiger partial charge is 0.369 e. The van der Waals surface area contributed by atoms with Crippen LogP contribution >= 0.6 is 0 Å². The van der Waals surface area contributed by atoms with Crippen molar-refractivity contribution in [3.63, 3.8) is 0 Å². The summed E-state index contributed by atoms with van der Waals surface area (Å²) in [5, 5.41) is 0. The standard InChI is InChI=1S/C13H20N2/c1-9-6-10(2)13(11(3)7-9)15-5-4-12(14)8-15/h6-7,12H,4-5,8,14H2,1-3H3. The summed E-state index contributed by atoms with van der Waals surface area (Å²) in [5.74, 6) is 0. The first kappa shape index (κ1) is 10.5. The quantitative estimate of drug-likeness (QED) is 0.759. The molecule has 82 valence electrons. The van der Waals surface area contributed by atoms with E-state index in [1.165, 1.54) is 22.4 Å². The molecule has 2 rings (SSSR count). The van der Waals surface area contributed by atoms with Crippen LogP contribution in [0.5, 0.6) is 0 Å². The summed E-state index contributed by atoms with van der Waals surface area (Å²) in [6.45, 7) is 8.65. The number of aryl methyl sites for hydroxylation is 3. The van der Waals surface area contributed by atoms with Crippen LogP contribution in [0.15, 0.2) is 12.1 Å². The molecule has 1 aromatic rings. The lowest BCUT2D eigenvalue weighted by Crippen LogP contribution is -2.27. The normalized spacial score (nSPS) is 21.1. The van der Waals surface area contributed by atoms with Crippen molar-refractivity contribution in [1.82, 2.24) is 0 Å². The Labute approximate surface area is 92.1 Å². The molecule has 1 aliphatic heterocycles. The van der Waals surface area contributed by atoms with Crippen molar-refractivity contribution >= 4 is 5.69 Å². The van der Waals surface area contributed by atoms with Crippen LogP contribution in [-0.2, 0) is 0 Å². The van der Waals surface area contributed by atoms with Gasteiger partial charge in [-0.05, 0) is 38.3 Å². The van der Waals surface area contributed by atoms with Gasteiger partial charge in [0.15, 0.2) is 0 Å². The van der Waals surface area contributed by atoms with E-state index in [0.29, 0.717) is 6.04 Å². The van der Waals surface area contributed by atoms with Gasteiger partial charge in [-0.2, -0.15) is 0 Å². The Morgan fingerprint density at radius 2 is 1.80 bits per heavy atom. The van der Waals surface area contributed by atoms with E-state index in [-0.39, 0.29) is 0 Å². The van der Waals surface area contributed by atoms with Gasteiger partial charge < -0.3 is 10.6 Å². The summed E-state index contributed by atoms with van der Waals surface area (Å²) < 4.78 is 0. The molecule has 1 saturated heterocycles. The predicted molar refractivity (Wildman–Crippen MR) is 65.5 cm³/mol. The maximum atomic E-state index is 5.95. The summed E-state index contributed by atoms with van der Waals surface area (Å²) in [7, 11) is 0. The van der Waals surface area contributed by atoms with Gasteiger partial charge in [-0.3, -0.25) is 0 Å². The van der Waals surface area contributed by atoms with Crippen LogP contribution < -0.4 is 10.6 Å². The van der Waals surface area contributed by atoms with Crippen molar-refractivity contribution in [3.8, 4) is 0 Å². The van der Waals surface area contributed by atoms with Crippen LogP contribution in [0.3, 0.4) is 0 Å². The Morgan fingerprint density at radius 1 is 1.20 bits per heavy atom. The Bertz CT molecular complexity index is 348. The molecule has 1 fully saturated rings. The minimum absolute atomic E-state index is 0.352. The van der Waals surface area contributed by atoms with Crippen molar-refractivity contribution < 1.29 is 0 Å². The van der Waals surface area contributed by atoms with Gasteiger partial charge in [0.05, 0.1) is 0 Å². The fourth-order valence-electron chi connectivity index (χ4n) is 2.66. The fourth-order valence-corrected chi connectivity index (χ4v) is 2.66. The first-order valence-corrected chi connectivity index (χ1v) is 5.66. The molecule has 0 radical (unpaired) electrons. The van der Waals surface area contributed by atoms with Gasteiger partial charge in [-0.1, -0.05) is 17.7 Å². The Morgan fingerprint density at radius 3 is 2.27 bits per heavy atom. The first-order chi connectivity index (χ1) is 7.08. The molecule has 0 bridgehead atoms. The Balaban J connectivity index is 2.35. The second-order valence-corrected chi connectivity index (χ2v) is 4.74. The highest BCUT2D eigenvalue weighted by molar-refractivity contribution is 5.60. The summed E-state index contributed by atoms with van der Waals surface area (Å²) in [6, 6.07) is 4.86. The number of nitrogens with zero attached hydrogens (tertiary/aromatic N) is 1. The van der Waals surface area contributed by atoms with E-state index in [2.05, 4.69) is 37.8 Å². The van der Waals surface area contributed by atoms with Gasteiger partial charge in [0.2, 0.25) is 0 Å². The molecule has 1 unspecified atom stereocenters. The molecule has 1 atom stereocenters. The summed E-state index contributed by atoms with van der Waals surface area (Å²) >= 11 is 0. The molecule has 1 aromatic carbocycles. The molecular formula is C13H20N2. The van der Waals surface area contributed by atoms with Crippen molar-refractivity contribution in [3.05, 3.63) is 28.8 Å². The molecule has 0 amide bonds. The first-order valence-electron chi connectivity index (χ1n) is 5.66. The second-order valence-electron chi connectivity index (χ2n) is 4.74. The van der Waals surface area contributed by atoms with Gasteiger partial charge >= 0.3 is 0 Å². The maximum Gasteiger partial charge on any atom is 0.0426 e. The van der Waals surface area contributed by atoms with E-state index < -0.39 is 0 Å². The zero-order valence-corrected chi connectivity index (χ0v) is 9.88. The number of anilines is 1. The van der Waals surface area contributed by atoms with Crippen molar-refractivity contribution in [2.24, 2.45) is 5.73 Å². The topological polar surface area (TPSA) is 29.3 Å². The molecule has 2 heteroatoms.